The summed E-state index contributed by atoms with van der Waals surface area (Å²) in [5, 5.41) is 5.36. The zero-order valence-electron chi connectivity index (χ0n) is 14.6. The summed E-state index contributed by atoms with van der Waals surface area (Å²) in [6.45, 7) is 0.394. The highest BCUT2D eigenvalue weighted by atomic mass is 32.2. The molecule has 0 aromatic heterocycles. The summed E-state index contributed by atoms with van der Waals surface area (Å²) in [6, 6.07) is 15.2. The summed E-state index contributed by atoms with van der Waals surface area (Å²) >= 11 is 6.24. The van der Waals surface area contributed by atoms with Crippen LogP contribution < -0.4 is 15.4 Å². The SMILES string of the molecule is O=C1NC(Cc2ccc(Oc3ccc(/C=C4\SC(=S)NC4=O)cc3)cc2)CO1. The maximum atomic E-state index is 11.7. The van der Waals surface area contributed by atoms with Gasteiger partial charge in [-0.15, -0.1) is 0 Å². The van der Waals surface area contributed by atoms with Crippen LogP contribution in [0.3, 0.4) is 0 Å². The summed E-state index contributed by atoms with van der Waals surface area (Å²) in [6.07, 6.45) is 2.15. The molecular weight excluding hydrogens is 396 g/mol. The Morgan fingerprint density at radius 2 is 1.79 bits per heavy atom. The van der Waals surface area contributed by atoms with Gasteiger partial charge in [0.2, 0.25) is 0 Å². The summed E-state index contributed by atoms with van der Waals surface area (Å²) in [7, 11) is 0. The van der Waals surface area contributed by atoms with Gasteiger partial charge in [0.25, 0.3) is 5.91 Å². The molecule has 2 fully saturated rings. The van der Waals surface area contributed by atoms with Crippen molar-refractivity contribution in [1.29, 1.82) is 0 Å². The van der Waals surface area contributed by atoms with Crippen molar-refractivity contribution in [1.82, 2.24) is 10.6 Å². The normalized spacial score (nSPS) is 20.1. The van der Waals surface area contributed by atoms with Crippen LogP contribution in [0.4, 0.5) is 4.79 Å². The standard InChI is InChI=1S/C20H16N2O4S2/c23-18-17(28-20(27)22-18)10-13-3-7-16(8-4-13)26-15-5-1-12(2-6-15)9-14-11-25-19(24)21-14/h1-8,10,14H,9,11H2,(H,21,24)(H,22,23,27)/b17-10-. The molecule has 142 valence electrons. The highest BCUT2D eigenvalue weighted by molar-refractivity contribution is 8.26. The quantitative estimate of drug-likeness (QED) is 0.577. The molecule has 2 amide bonds. The number of benzene rings is 2. The van der Waals surface area contributed by atoms with E-state index in [2.05, 4.69) is 10.6 Å². The van der Waals surface area contributed by atoms with Crippen LogP contribution in [0.25, 0.3) is 6.08 Å². The lowest BCUT2D eigenvalue weighted by molar-refractivity contribution is -0.115. The number of thiocarbonyl (C=S) groups is 1. The average molecular weight is 412 g/mol. The molecule has 2 aromatic rings. The molecule has 28 heavy (non-hydrogen) atoms. The highest BCUT2D eigenvalue weighted by Gasteiger charge is 2.22. The first-order chi connectivity index (χ1) is 13.5. The first-order valence-electron chi connectivity index (χ1n) is 8.60. The van der Waals surface area contributed by atoms with Crippen LogP contribution in [0.2, 0.25) is 0 Å². The Bertz CT molecular complexity index is 955. The molecule has 2 N–H and O–H groups in total. The minimum atomic E-state index is -0.362. The van der Waals surface area contributed by atoms with Gasteiger partial charge in [0.05, 0.1) is 10.9 Å². The number of alkyl carbamates (subject to hydrolysis) is 1. The predicted molar refractivity (Wildman–Crippen MR) is 111 cm³/mol. The van der Waals surface area contributed by atoms with Gasteiger partial charge in [0.1, 0.15) is 22.4 Å². The number of hydrogen-bond donors (Lipinski definition) is 2. The predicted octanol–water partition coefficient (Wildman–Crippen LogP) is 3.62. The molecule has 0 radical (unpaired) electrons. The molecule has 1 unspecified atom stereocenters. The van der Waals surface area contributed by atoms with E-state index < -0.39 is 0 Å². The van der Waals surface area contributed by atoms with Gasteiger partial charge in [-0.3, -0.25) is 4.79 Å². The number of cyclic esters (lactones) is 1. The molecule has 2 aliphatic heterocycles. The zero-order valence-corrected chi connectivity index (χ0v) is 16.3. The van der Waals surface area contributed by atoms with Crippen LogP contribution in [-0.2, 0) is 16.0 Å². The molecule has 2 aromatic carbocycles. The first-order valence-corrected chi connectivity index (χ1v) is 9.83. The van der Waals surface area contributed by atoms with Crippen LogP contribution in [0.5, 0.6) is 11.5 Å². The number of rotatable bonds is 5. The summed E-state index contributed by atoms with van der Waals surface area (Å²) < 4.78 is 11.2. The Kier molecular flexibility index (Phi) is 5.31. The van der Waals surface area contributed by atoms with E-state index in [0.29, 0.717) is 28.0 Å². The van der Waals surface area contributed by atoms with E-state index in [1.54, 1.807) is 6.08 Å². The van der Waals surface area contributed by atoms with Gasteiger partial charge in [-0.2, -0.15) is 0 Å². The lowest BCUT2D eigenvalue weighted by Gasteiger charge is -2.09. The third-order valence-electron chi connectivity index (χ3n) is 4.20. The van der Waals surface area contributed by atoms with Crippen molar-refractivity contribution in [2.45, 2.75) is 12.5 Å². The second kappa shape index (κ2) is 8.04. The maximum absolute atomic E-state index is 11.7. The van der Waals surface area contributed by atoms with E-state index in [0.717, 1.165) is 16.9 Å². The maximum Gasteiger partial charge on any atom is 0.407 e. The Labute approximate surface area is 171 Å². The van der Waals surface area contributed by atoms with Crippen LogP contribution >= 0.6 is 24.0 Å². The van der Waals surface area contributed by atoms with Crippen LogP contribution in [0, 0.1) is 0 Å². The monoisotopic (exact) mass is 412 g/mol. The second-order valence-electron chi connectivity index (χ2n) is 6.31. The van der Waals surface area contributed by atoms with Gasteiger partial charge in [-0.05, 0) is 47.9 Å². The number of amides is 2. The van der Waals surface area contributed by atoms with Gasteiger partial charge >= 0.3 is 6.09 Å². The van der Waals surface area contributed by atoms with E-state index >= 15 is 0 Å². The topological polar surface area (TPSA) is 76.7 Å². The molecular formula is C20H16N2O4S2. The lowest BCUT2D eigenvalue weighted by atomic mass is 10.1. The fourth-order valence-corrected chi connectivity index (χ4v) is 3.90. The van der Waals surface area contributed by atoms with E-state index in [9.17, 15) is 9.59 Å². The summed E-state index contributed by atoms with van der Waals surface area (Å²) in [5.41, 5.74) is 1.99. The number of carbonyl (C=O) groups excluding carboxylic acids is 2. The van der Waals surface area contributed by atoms with Crippen molar-refractivity contribution in [2.24, 2.45) is 0 Å². The molecule has 0 saturated carbocycles. The molecule has 0 aliphatic carbocycles. The molecule has 2 saturated heterocycles. The third kappa shape index (κ3) is 4.52. The number of hydrogen-bond acceptors (Lipinski definition) is 6. The molecule has 1 atom stereocenters. The van der Waals surface area contributed by atoms with Crippen LogP contribution in [0.15, 0.2) is 53.4 Å². The first kappa shape index (κ1) is 18.5. The lowest BCUT2D eigenvalue weighted by Crippen LogP contribution is -2.28. The van der Waals surface area contributed by atoms with Crippen LogP contribution in [-0.4, -0.2) is 29.0 Å². The number of nitrogens with one attached hydrogen (secondary N) is 2. The fourth-order valence-electron chi connectivity index (χ4n) is 2.85. The third-order valence-corrected chi connectivity index (χ3v) is 5.36. The zero-order chi connectivity index (χ0) is 19.5. The Hall–Kier alpha value is -2.84. The number of thioether (sulfide) groups is 1. The van der Waals surface area contributed by atoms with Crippen molar-refractivity contribution < 1.29 is 19.1 Å². The summed E-state index contributed by atoms with van der Waals surface area (Å²) in [5.74, 6) is 1.25. The Morgan fingerprint density at radius 1 is 1.11 bits per heavy atom. The minimum Gasteiger partial charge on any atom is -0.457 e. The van der Waals surface area contributed by atoms with Crippen molar-refractivity contribution in [3.8, 4) is 11.5 Å². The second-order valence-corrected chi connectivity index (χ2v) is 8.03. The van der Waals surface area contributed by atoms with E-state index in [1.165, 1.54) is 11.8 Å². The van der Waals surface area contributed by atoms with Crippen LogP contribution in [0.1, 0.15) is 11.1 Å². The van der Waals surface area contributed by atoms with Crippen molar-refractivity contribution in [3.05, 3.63) is 64.6 Å². The van der Waals surface area contributed by atoms with Gasteiger partial charge in [-0.1, -0.05) is 48.2 Å². The molecule has 4 rings (SSSR count). The molecule has 2 heterocycles. The van der Waals surface area contributed by atoms with E-state index in [4.69, 9.17) is 21.7 Å². The summed E-state index contributed by atoms with van der Waals surface area (Å²) in [4.78, 5) is 23.4. The number of carbonyl (C=O) groups is 2. The van der Waals surface area contributed by atoms with Crippen molar-refractivity contribution in [2.75, 3.05) is 6.61 Å². The van der Waals surface area contributed by atoms with Crippen molar-refractivity contribution in [3.63, 3.8) is 0 Å². The van der Waals surface area contributed by atoms with E-state index in [-0.39, 0.29) is 18.0 Å². The largest absolute Gasteiger partial charge is 0.457 e. The number of ether oxygens (including phenoxy) is 2. The molecule has 8 heteroatoms. The Morgan fingerprint density at radius 3 is 2.36 bits per heavy atom. The van der Waals surface area contributed by atoms with E-state index in [1.807, 2.05) is 48.5 Å². The fraction of sp³-hybridized carbons (Fsp3) is 0.150. The van der Waals surface area contributed by atoms with Gasteiger partial charge < -0.3 is 20.1 Å². The van der Waals surface area contributed by atoms with Gasteiger partial charge in [0.15, 0.2) is 0 Å². The van der Waals surface area contributed by atoms with Gasteiger partial charge in [-0.25, -0.2) is 4.79 Å². The molecule has 0 spiro atoms. The van der Waals surface area contributed by atoms with Gasteiger partial charge in [0, 0.05) is 0 Å². The van der Waals surface area contributed by atoms with Crippen molar-refractivity contribution >= 4 is 46.4 Å². The smallest absolute Gasteiger partial charge is 0.407 e. The molecule has 2 aliphatic rings. The Balaban J connectivity index is 1.36. The average Bonchev–Trinajstić information content (AvgIpc) is 3.22. The highest BCUT2D eigenvalue weighted by Crippen LogP contribution is 2.27. The molecule has 0 bridgehead atoms. The minimum absolute atomic E-state index is 0.00963. The molecule has 6 nitrogen and oxygen atoms in total.